The van der Waals surface area contributed by atoms with Crippen molar-refractivity contribution in [3.8, 4) is 5.75 Å². The second-order valence-corrected chi connectivity index (χ2v) is 5.50. The van der Waals surface area contributed by atoms with E-state index >= 15 is 0 Å². The summed E-state index contributed by atoms with van der Waals surface area (Å²) in [4.78, 5) is 10.6. The van der Waals surface area contributed by atoms with E-state index in [0.717, 1.165) is 21.7 Å². The van der Waals surface area contributed by atoms with E-state index in [2.05, 4.69) is 15.9 Å². The summed E-state index contributed by atoms with van der Waals surface area (Å²) in [7, 11) is 0. The molecule has 0 aliphatic carbocycles. The van der Waals surface area contributed by atoms with Crippen LogP contribution in [0.25, 0.3) is 6.08 Å². The first-order valence-electron chi connectivity index (χ1n) is 6.13. The van der Waals surface area contributed by atoms with Gasteiger partial charge in [-0.2, -0.15) is 0 Å². The van der Waals surface area contributed by atoms with Crippen molar-refractivity contribution < 1.29 is 14.6 Å². The molecule has 108 valence electrons. The number of rotatable bonds is 5. The zero-order valence-corrected chi connectivity index (χ0v) is 13.3. The number of benzene rings is 2. The van der Waals surface area contributed by atoms with Gasteiger partial charge in [0.25, 0.3) is 0 Å². The Hall–Kier alpha value is -1.78. The Morgan fingerprint density at radius 1 is 1.29 bits per heavy atom. The lowest BCUT2D eigenvalue weighted by atomic mass is 10.2. The quantitative estimate of drug-likeness (QED) is 0.774. The fourth-order valence-corrected chi connectivity index (χ4v) is 2.25. The maximum absolute atomic E-state index is 10.6. The Balaban J connectivity index is 2.12. The topological polar surface area (TPSA) is 46.5 Å². The molecule has 0 aliphatic heterocycles. The Morgan fingerprint density at radius 3 is 2.76 bits per heavy atom. The molecule has 0 atom stereocenters. The number of halogens is 2. The molecule has 2 rings (SSSR count). The van der Waals surface area contributed by atoms with Gasteiger partial charge in [-0.25, -0.2) is 4.79 Å². The van der Waals surface area contributed by atoms with Crippen LogP contribution in [0.15, 0.2) is 53.0 Å². The fourth-order valence-electron chi connectivity index (χ4n) is 1.68. The van der Waals surface area contributed by atoms with Gasteiger partial charge in [0.2, 0.25) is 0 Å². The molecule has 1 N–H and O–H groups in total. The number of carboxylic acids is 1. The molecule has 2 aromatic carbocycles. The van der Waals surface area contributed by atoms with Crippen molar-refractivity contribution in [3.05, 3.63) is 69.2 Å². The average Bonchev–Trinajstić information content (AvgIpc) is 2.46. The summed E-state index contributed by atoms with van der Waals surface area (Å²) in [5.74, 6) is -0.354. The van der Waals surface area contributed by atoms with Crippen molar-refractivity contribution >= 4 is 39.6 Å². The average molecular weight is 368 g/mol. The van der Waals surface area contributed by atoms with Crippen molar-refractivity contribution in [3.63, 3.8) is 0 Å². The second-order valence-electron chi connectivity index (χ2n) is 4.23. The minimum Gasteiger partial charge on any atom is -0.489 e. The smallest absolute Gasteiger partial charge is 0.328 e. The van der Waals surface area contributed by atoms with Gasteiger partial charge in [0.15, 0.2) is 0 Å². The molecule has 5 heteroatoms. The van der Waals surface area contributed by atoms with E-state index < -0.39 is 5.97 Å². The summed E-state index contributed by atoms with van der Waals surface area (Å²) in [5.41, 5.74) is 1.62. The summed E-state index contributed by atoms with van der Waals surface area (Å²) in [5, 5.41) is 9.32. The third kappa shape index (κ3) is 4.62. The molecule has 0 saturated carbocycles. The van der Waals surface area contributed by atoms with Gasteiger partial charge in [-0.05, 0) is 35.9 Å². The van der Waals surface area contributed by atoms with Crippen molar-refractivity contribution in [2.45, 2.75) is 6.61 Å². The summed E-state index contributed by atoms with van der Waals surface area (Å²) < 4.78 is 6.49. The summed E-state index contributed by atoms with van der Waals surface area (Å²) >= 11 is 9.43. The van der Waals surface area contributed by atoms with Crippen molar-refractivity contribution in [1.29, 1.82) is 0 Å². The molecule has 0 aliphatic rings. The van der Waals surface area contributed by atoms with Crippen LogP contribution in [0.1, 0.15) is 11.1 Å². The Bertz CT molecular complexity index is 683. The van der Waals surface area contributed by atoms with Crippen LogP contribution in [0.5, 0.6) is 5.75 Å². The highest BCUT2D eigenvalue weighted by Crippen LogP contribution is 2.25. The van der Waals surface area contributed by atoms with Gasteiger partial charge in [0.05, 0.1) is 0 Å². The fraction of sp³-hybridized carbons (Fsp3) is 0.0625. The predicted octanol–water partition coefficient (Wildman–Crippen LogP) is 4.78. The van der Waals surface area contributed by atoms with Crippen LogP contribution in [0.2, 0.25) is 5.02 Å². The van der Waals surface area contributed by atoms with Crippen LogP contribution >= 0.6 is 27.5 Å². The maximum Gasteiger partial charge on any atom is 0.328 e. The van der Waals surface area contributed by atoms with Gasteiger partial charge >= 0.3 is 5.97 Å². The van der Waals surface area contributed by atoms with Gasteiger partial charge in [0.1, 0.15) is 12.4 Å². The summed E-state index contributed by atoms with van der Waals surface area (Å²) in [6.07, 6.45) is 2.59. The van der Waals surface area contributed by atoms with E-state index in [1.165, 1.54) is 6.08 Å². The molecule has 0 saturated heterocycles. The standard InChI is InChI=1S/C16H12BrClO3/c17-14-7-6-13(9-11(14)5-8-16(19)20)21-10-12-3-1-2-4-15(12)18/h1-9H,10H2,(H,19,20)/b8-5+. The first kappa shape index (κ1) is 15.6. The number of ether oxygens (including phenoxy) is 1. The molecule has 3 nitrogen and oxygen atoms in total. The molecule has 0 unspecified atom stereocenters. The molecule has 0 radical (unpaired) electrons. The summed E-state index contributed by atoms with van der Waals surface area (Å²) in [6, 6.07) is 12.8. The first-order chi connectivity index (χ1) is 10.1. The molecule has 0 bridgehead atoms. The highest BCUT2D eigenvalue weighted by Gasteiger charge is 2.03. The largest absolute Gasteiger partial charge is 0.489 e. The Morgan fingerprint density at radius 2 is 2.05 bits per heavy atom. The van der Waals surface area contributed by atoms with E-state index in [1.807, 2.05) is 30.3 Å². The normalized spacial score (nSPS) is 10.8. The van der Waals surface area contributed by atoms with Crippen LogP contribution in [-0.2, 0) is 11.4 Å². The lowest BCUT2D eigenvalue weighted by Gasteiger charge is -2.09. The van der Waals surface area contributed by atoms with Crippen molar-refractivity contribution in [2.75, 3.05) is 0 Å². The third-order valence-corrected chi connectivity index (χ3v) is 3.82. The highest BCUT2D eigenvalue weighted by molar-refractivity contribution is 9.10. The molecule has 0 fully saturated rings. The second kappa shape index (κ2) is 7.29. The summed E-state index contributed by atoms with van der Waals surface area (Å²) in [6.45, 7) is 0.351. The Labute approximate surface area is 135 Å². The molecule has 21 heavy (non-hydrogen) atoms. The lowest BCUT2D eigenvalue weighted by molar-refractivity contribution is -0.131. The van der Waals surface area contributed by atoms with Crippen LogP contribution in [-0.4, -0.2) is 11.1 Å². The molecular weight excluding hydrogens is 356 g/mol. The molecule has 0 amide bonds. The van der Waals surface area contributed by atoms with Crippen molar-refractivity contribution in [1.82, 2.24) is 0 Å². The van der Waals surface area contributed by atoms with Crippen LogP contribution < -0.4 is 4.74 Å². The van der Waals surface area contributed by atoms with Gasteiger partial charge in [0, 0.05) is 21.1 Å². The van der Waals surface area contributed by atoms with Crippen LogP contribution in [0.3, 0.4) is 0 Å². The molecular formula is C16H12BrClO3. The number of carboxylic acid groups (broad SMARTS) is 1. The zero-order chi connectivity index (χ0) is 15.2. The lowest BCUT2D eigenvalue weighted by Crippen LogP contribution is -1.96. The predicted molar refractivity (Wildman–Crippen MR) is 86.6 cm³/mol. The molecule has 0 aromatic heterocycles. The van der Waals surface area contributed by atoms with Gasteiger partial charge in [-0.1, -0.05) is 45.7 Å². The van der Waals surface area contributed by atoms with E-state index in [1.54, 1.807) is 12.1 Å². The van der Waals surface area contributed by atoms with Crippen LogP contribution in [0, 0.1) is 0 Å². The van der Waals surface area contributed by atoms with E-state index in [9.17, 15) is 4.79 Å². The molecule has 2 aromatic rings. The monoisotopic (exact) mass is 366 g/mol. The van der Waals surface area contributed by atoms with Crippen molar-refractivity contribution in [2.24, 2.45) is 0 Å². The SMILES string of the molecule is O=C(O)/C=C/c1cc(OCc2ccccc2Cl)ccc1Br. The number of hydrogen-bond donors (Lipinski definition) is 1. The van der Waals surface area contributed by atoms with E-state index in [0.29, 0.717) is 17.4 Å². The van der Waals surface area contributed by atoms with Gasteiger partial charge in [-0.15, -0.1) is 0 Å². The number of hydrogen-bond acceptors (Lipinski definition) is 2. The van der Waals surface area contributed by atoms with Gasteiger partial charge in [-0.3, -0.25) is 0 Å². The number of carbonyl (C=O) groups is 1. The van der Waals surface area contributed by atoms with E-state index in [4.69, 9.17) is 21.4 Å². The Kier molecular flexibility index (Phi) is 5.42. The first-order valence-corrected chi connectivity index (χ1v) is 7.30. The third-order valence-electron chi connectivity index (χ3n) is 2.73. The molecule has 0 spiro atoms. The van der Waals surface area contributed by atoms with E-state index in [-0.39, 0.29) is 0 Å². The maximum atomic E-state index is 10.6. The highest BCUT2D eigenvalue weighted by atomic mass is 79.9. The minimum atomic E-state index is -0.996. The van der Waals surface area contributed by atoms with Gasteiger partial charge < -0.3 is 9.84 Å². The van der Waals surface area contributed by atoms with Crippen LogP contribution in [0.4, 0.5) is 0 Å². The molecule has 0 heterocycles. The number of aliphatic carboxylic acids is 1. The zero-order valence-electron chi connectivity index (χ0n) is 10.9. The minimum absolute atomic E-state index is 0.351.